The molecule has 0 amide bonds. The monoisotopic (exact) mass is 405 g/mol. The van der Waals surface area contributed by atoms with Crippen molar-refractivity contribution in [1.29, 1.82) is 0 Å². The van der Waals surface area contributed by atoms with E-state index in [0.29, 0.717) is 17.0 Å². The SMILES string of the molecule is CC1CCc2c(N3CCN(CCO)CC3)cc(Cl)c3c(=O)c(C(=O)O)cn1c23. The zero-order valence-corrected chi connectivity index (χ0v) is 16.6. The number of pyridine rings is 1. The highest BCUT2D eigenvalue weighted by molar-refractivity contribution is 6.36. The Balaban J connectivity index is 1.87. The van der Waals surface area contributed by atoms with Crippen LogP contribution in [0.3, 0.4) is 0 Å². The van der Waals surface area contributed by atoms with Crippen molar-refractivity contribution >= 4 is 34.2 Å². The van der Waals surface area contributed by atoms with Gasteiger partial charge in [-0.3, -0.25) is 9.69 Å². The zero-order valence-electron chi connectivity index (χ0n) is 15.8. The van der Waals surface area contributed by atoms with Crippen LogP contribution in [0.5, 0.6) is 0 Å². The molecule has 0 saturated carbocycles. The molecule has 2 N–H and O–H groups in total. The number of benzene rings is 1. The standard InChI is InChI=1S/C20H24ClN3O4/c1-12-2-3-13-16(23-6-4-22(5-7-23)8-9-25)10-15(21)17-18(13)24(12)11-14(19(17)26)20(27)28/h10-12,25H,2-9H2,1H3,(H,27,28). The predicted molar refractivity (Wildman–Crippen MR) is 109 cm³/mol. The van der Waals surface area contributed by atoms with Crippen molar-refractivity contribution in [2.24, 2.45) is 0 Å². The molecule has 1 unspecified atom stereocenters. The number of carboxylic acids is 1. The Bertz CT molecular complexity index is 995. The van der Waals surface area contributed by atoms with E-state index in [1.54, 1.807) is 0 Å². The number of β-amino-alcohol motifs (C(OH)–C–C–N with tert-alkyl or cyclic N) is 1. The number of piperazine rings is 1. The van der Waals surface area contributed by atoms with Crippen LogP contribution in [0.15, 0.2) is 17.1 Å². The van der Waals surface area contributed by atoms with Crippen molar-refractivity contribution in [1.82, 2.24) is 9.47 Å². The minimum Gasteiger partial charge on any atom is -0.477 e. The van der Waals surface area contributed by atoms with E-state index in [1.807, 2.05) is 17.6 Å². The van der Waals surface area contributed by atoms with Crippen molar-refractivity contribution in [3.05, 3.63) is 38.6 Å². The number of aromatic nitrogens is 1. The second-order valence-electron chi connectivity index (χ2n) is 7.60. The first-order valence-electron chi connectivity index (χ1n) is 9.64. The van der Waals surface area contributed by atoms with E-state index in [0.717, 1.165) is 55.8 Å². The number of aromatic carboxylic acids is 1. The Labute approximate surface area is 167 Å². The summed E-state index contributed by atoms with van der Waals surface area (Å²) in [5.74, 6) is -1.23. The van der Waals surface area contributed by atoms with Crippen LogP contribution in [-0.4, -0.2) is 65.0 Å². The fourth-order valence-corrected chi connectivity index (χ4v) is 4.72. The minimum absolute atomic E-state index is 0.0985. The molecule has 3 heterocycles. The summed E-state index contributed by atoms with van der Waals surface area (Å²) < 4.78 is 1.91. The number of anilines is 1. The van der Waals surface area contributed by atoms with Crippen LogP contribution >= 0.6 is 11.6 Å². The molecule has 1 aromatic carbocycles. The first-order valence-corrected chi connectivity index (χ1v) is 10.0. The van der Waals surface area contributed by atoms with E-state index in [1.165, 1.54) is 6.20 Å². The maximum absolute atomic E-state index is 12.8. The highest BCUT2D eigenvalue weighted by Gasteiger charge is 2.28. The van der Waals surface area contributed by atoms with Crippen molar-refractivity contribution in [2.75, 3.05) is 44.2 Å². The van der Waals surface area contributed by atoms with Gasteiger partial charge >= 0.3 is 5.97 Å². The summed E-state index contributed by atoms with van der Waals surface area (Å²) in [4.78, 5) is 28.9. The van der Waals surface area contributed by atoms with Gasteiger partial charge in [0, 0.05) is 56.2 Å². The van der Waals surface area contributed by atoms with Gasteiger partial charge in [-0.05, 0) is 25.8 Å². The predicted octanol–water partition coefficient (Wildman–Crippen LogP) is 1.97. The van der Waals surface area contributed by atoms with Crippen LogP contribution in [-0.2, 0) is 6.42 Å². The number of hydrogen-bond acceptors (Lipinski definition) is 5. The van der Waals surface area contributed by atoms with Crippen LogP contribution in [0, 0.1) is 0 Å². The Morgan fingerprint density at radius 1 is 1.29 bits per heavy atom. The molecule has 1 saturated heterocycles. The lowest BCUT2D eigenvalue weighted by atomic mass is 9.93. The van der Waals surface area contributed by atoms with E-state index in [9.17, 15) is 14.7 Å². The molecule has 0 aliphatic carbocycles. The molecule has 2 aromatic rings. The number of rotatable bonds is 4. The third-order valence-electron chi connectivity index (χ3n) is 5.98. The van der Waals surface area contributed by atoms with Crippen LogP contribution in [0.2, 0.25) is 5.02 Å². The molecular weight excluding hydrogens is 382 g/mol. The summed E-state index contributed by atoms with van der Waals surface area (Å²) in [7, 11) is 0. The van der Waals surface area contributed by atoms with Crippen molar-refractivity contribution < 1.29 is 15.0 Å². The molecule has 0 spiro atoms. The van der Waals surface area contributed by atoms with Gasteiger partial charge in [-0.1, -0.05) is 11.6 Å². The van der Waals surface area contributed by atoms with Gasteiger partial charge in [-0.25, -0.2) is 4.79 Å². The summed E-state index contributed by atoms with van der Waals surface area (Å²) in [5, 5.41) is 19.2. The molecule has 1 fully saturated rings. The number of halogens is 1. The number of hydrogen-bond donors (Lipinski definition) is 2. The smallest absolute Gasteiger partial charge is 0.341 e. The van der Waals surface area contributed by atoms with Crippen LogP contribution in [0.1, 0.15) is 35.3 Å². The molecule has 1 atom stereocenters. The van der Waals surface area contributed by atoms with Gasteiger partial charge in [0.15, 0.2) is 0 Å². The summed E-state index contributed by atoms with van der Waals surface area (Å²) in [5.41, 5.74) is 2.12. The Kier molecular flexibility index (Phi) is 5.07. The summed E-state index contributed by atoms with van der Waals surface area (Å²) >= 11 is 6.54. The molecule has 1 aromatic heterocycles. The van der Waals surface area contributed by atoms with E-state index >= 15 is 0 Å². The van der Waals surface area contributed by atoms with Gasteiger partial charge in [-0.15, -0.1) is 0 Å². The summed E-state index contributed by atoms with van der Waals surface area (Å²) in [6, 6.07) is 1.93. The molecule has 150 valence electrons. The molecular formula is C20H24ClN3O4. The zero-order chi connectivity index (χ0) is 20.0. The average molecular weight is 406 g/mol. The molecule has 8 heteroatoms. The largest absolute Gasteiger partial charge is 0.477 e. The van der Waals surface area contributed by atoms with Gasteiger partial charge in [0.25, 0.3) is 0 Å². The van der Waals surface area contributed by atoms with Gasteiger partial charge < -0.3 is 19.7 Å². The van der Waals surface area contributed by atoms with Gasteiger partial charge in [0.05, 0.1) is 22.5 Å². The third-order valence-corrected chi connectivity index (χ3v) is 6.28. The number of carboxylic acid groups (broad SMARTS) is 1. The Hall–Kier alpha value is -2.09. The molecule has 0 bridgehead atoms. The lowest BCUT2D eigenvalue weighted by Gasteiger charge is -2.38. The lowest BCUT2D eigenvalue weighted by Crippen LogP contribution is -2.47. The maximum Gasteiger partial charge on any atom is 0.341 e. The quantitative estimate of drug-likeness (QED) is 0.808. The van der Waals surface area contributed by atoms with E-state index in [4.69, 9.17) is 16.7 Å². The van der Waals surface area contributed by atoms with Gasteiger partial charge in [0.2, 0.25) is 5.43 Å². The number of aliphatic hydroxyl groups is 1. The first kappa shape index (κ1) is 19.2. The highest BCUT2D eigenvalue weighted by Crippen LogP contribution is 2.39. The topological polar surface area (TPSA) is 86.0 Å². The number of nitrogens with zero attached hydrogens (tertiary/aromatic N) is 3. The molecule has 2 aliphatic heterocycles. The Morgan fingerprint density at radius 2 is 2.00 bits per heavy atom. The fraction of sp³-hybridized carbons (Fsp3) is 0.500. The van der Waals surface area contributed by atoms with Crippen LogP contribution < -0.4 is 10.3 Å². The van der Waals surface area contributed by atoms with Crippen molar-refractivity contribution in [2.45, 2.75) is 25.8 Å². The molecule has 7 nitrogen and oxygen atoms in total. The molecule has 0 radical (unpaired) electrons. The van der Waals surface area contributed by atoms with Gasteiger partial charge in [-0.2, -0.15) is 0 Å². The highest BCUT2D eigenvalue weighted by atomic mass is 35.5. The lowest BCUT2D eigenvalue weighted by molar-refractivity contribution is 0.0694. The van der Waals surface area contributed by atoms with Crippen molar-refractivity contribution in [3.8, 4) is 0 Å². The third kappa shape index (κ3) is 3.07. The van der Waals surface area contributed by atoms with E-state index in [2.05, 4.69) is 9.80 Å². The first-order chi connectivity index (χ1) is 13.4. The average Bonchev–Trinajstić information content (AvgIpc) is 2.67. The minimum atomic E-state index is -1.23. The molecule has 4 rings (SSSR count). The molecule has 28 heavy (non-hydrogen) atoms. The number of aryl methyl sites for hydroxylation is 1. The van der Waals surface area contributed by atoms with Crippen molar-refractivity contribution in [3.63, 3.8) is 0 Å². The maximum atomic E-state index is 12.8. The van der Waals surface area contributed by atoms with Crippen LogP contribution in [0.25, 0.3) is 10.9 Å². The van der Waals surface area contributed by atoms with E-state index in [-0.39, 0.29) is 18.2 Å². The fourth-order valence-electron chi connectivity index (χ4n) is 4.44. The van der Waals surface area contributed by atoms with Crippen LogP contribution in [0.4, 0.5) is 5.69 Å². The summed E-state index contributed by atoms with van der Waals surface area (Å²) in [6.45, 7) is 6.22. The van der Waals surface area contributed by atoms with E-state index < -0.39 is 11.4 Å². The van der Waals surface area contributed by atoms with Gasteiger partial charge in [0.1, 0.15) is 5.56 Å². The second-order valence-corrected chi connectivity index (χ2v) is 8.01. The number of aliphatic hydroxyl groups excluding tert-OH is 1. The Morgan fingerprint density at radius 3 is 2.64 bits per heavy atom. The summed E-state index contributed by atoms with van der Waals surface area (Å²) in [6.07, 6.45) is 3.18. The number of carbonyl (C=O) groups is 1. The molecule has 2 aliphatic rings. The normalized spacial score (nSPS) is 20.0. The second kappa shape index (κ2) is 7.39.